The van der Waals surface area contributed by atoms with Gasteiger partial charge in [0, 0.05) is 25.6 Å². The van der Waals surface area contributed by atoms with Crippen molar-refractivity contribution >= 4 is 11.8 Å². The van der Waals surface area contributed by atoms with Crippen molar-refractivity contribution in [2.24, 2.45) is 23.2 Å². The fourth-order valence-electron chi connectivity index (χ4n) is 7.21. The SMILES string of the molecule is CO[C@]1(C)C[C@@H](C)CN(C)[C@H](c2ccccc2)COC(=O)C(C)(C)C(=O)[C@H](C)[C@H]1C[C@@H]1O[C@H](C)C[C@H](N(C)C)[C@H]1O. The number of ketones is 1. The maximum absolute atomic E-state index is 14.2. The lowest BCUT2D eigenvalue weighted by Gasteiger charge is -2.47. The number of carbonyl (C=O) groups is 2. The molecule has 0 radical (unpaired) electrons. The molecular weight excluding hydrogens is 520 g/mol. The Balaban J connectivity index is 2.03. The van der Waals surface area contributed by atoms with Gasteiger partial charge in [0.1, 0.15) is 12.0 Å². The largest absolute Gasteiger partial charge is 0.463 e. The maximum Gasteiger partial charge on any atom is 0.319 e. The van der Waals surface area contributed by atoms with E-state index < -0.39 is 35.1 Å². The fraction of sp³-hybridized carbons (Fsp3) is 0.758. The van der Waals surface area contributed by atoms with Crippen LogP contribution in [0.4, 0.5) is 0 Å². The molecule has 0 saturated carbocycles. The monoisotopic (exact) mass is 574 g/mol. The molecule has 3 rings (SSSR count). The molecule has 2 heterocycles. The smallest absolute Gasteiger partial charge is 0.319 e. The number of aliphatic hydroxyl groups excluding tert-OH is 1. The van der Waals surface area contributed by atoms with E-state index in [4.69, 9.17) is 14.2 Å². The van der Waals surface area contributed by atoms with Crippen LogP contribution in [0.15, 0.2) is 30.3 Å². The van der Waals surface area contributed by atoms with Gasteiger partial charge in [-0.3, -0.25) is 14.5 Å². The minimum atomic E-state index is -1.35. The second-order valence-corrected chi connectivity index (χ2v) is 13.7. The van der Waals surface area contributed by atoms with Gasteiger partial charge in [-0.15, -0.1) is 0 Å². The van der Waals surface area contributed by atoms with E-state index in [0.29, 0.717) is 12.8 Å². The van der Waals surface area contributed by atoms with Crippen LogP contribution in [0.25, 0.3) is 0 Å². The van der Waals surface area contributed by atoms with Crippen LogP contribution < -0.4 is 0 Å². The summed E-state index contributed by atoms with van der Waals surface area (Å²) in [5.74, 6) is -1.35. The van der Waals surface area contributed by atoms with E-state index >= 15 is 0 Å². The molecule has 232 valence electrons. The van der Waals surface area contributed by atoms with Gasteiger partial charge < -0.3 is 24.2 Å². The summed E-state index contributed by atoms with van der Waals surface area (Å²) >= 11 is 0. The van der Waals surface area contributed by atoms with E-state index in [1.165, 1.54) is 0 Å². The molecule has 1 aromatic carbocycles. The molecular formula is C33H54N2O6. The molecule has 8 nitrogen and oxygen atoms in total. The zero-order valence-electron chi connectivity index (χ0n) is 26.9. The fourth-order valence-corrected chi connectivity index (χ4v) is 7.21. The first-order valence-corrected chi connectivity index (χ1v) is 15.1. The van der Waals surface area contributed by atoms with E-state index in [0.717, 1.165) is 18.5 Å². The molecule has 2 saturated heterocycles. The molecule has 0 unspecified atom stereocenters. The highest BCUT2D eigenvalue weighted by Crippen LogP contribution is 2.43. The molecule has 1 N–H and O–H groups in total. The number of hydrogen-bond acceptors (Lipinski definition) is 8. The second-order valence-electron chi connectivity index (χ2n) is 13.7. The summed E-state index contributed by atoms with van der Waals surface area (Å²) in [4.78, 5) is 32.0. The number of carbonyl (C=O) groups excluding carboxylic acids is 2. The van der Waals surface area contributed by atoms with Gasteiger partial charge in [-0.1, -0.05) is 44.2 Å². The van der Waals surface area contributed by atoms with Crippen LogP contribution in [0.2, 0.25) is 0 Å². The molecule has 41 heavy (non-hydrogen) atoms. The Bertz CT molecular complexity index is 1020. The lowest BCUT2D eigenvalue weighted by molar-refractivity contribution is -0.173. The predicted octanol–water partition coefficient (Wildman–Crippen LogP) is 4.35. The van der Waals surface area contributed by atoms with Gasteiger partial charge in [0.25, 0.3) is 0 Å². The van der Waals surface area contributed by atoms with E-state index in [9.17, 15) is 14.7 Å². The Morgan fingerprint density at radius 1 is 1.10 bits per heavy atom. The number of nitrogens with zero attached hydrogens (tertiary/aromatic N) is 2. The third kappa shape index (κ3) is 7.57. The zero-order valence-corrected chi connectivity index (χ0v) is 26.9. The van der Waals surface area contributed by atoms with Crippen molar-refractivity contribution < 1.29 is 28.9 Å². The van der Waals surface area contributed by atoms with Gasteiger partial charge in [0.2, 0.25) is 0 Å². The van der Waals surface area contributed by atoms with E-state index in [2.05, 4.69) is 25.8 Å². The van der Waals surface area contributed by atoms with Crippen molar-refractivity contribution in [3.05, 3.63) is 35.9 Å². The Hall–Kier alpha value is -1.84. The quantitative estimate of drug-likeness (QED) is 0.410. The molecule has 0 bridgehead atoms. The van der Waals surface area contributed by atoms with Crippen molar-refractivity contribution in [3.8, 4) is 0 Å². The van der Waals surface area contributed by atoms with Gasteiger partial charge in [-0.2, -0.15) is 0 Å². The number of ether oxygens (including phenoxy) is 3. The number of esters is 1. The van der Waals surface area contributed by atoms with Crippen LogP contribution in [0.3, 0.4) is 0 Å². The molecule has 0 spiro atoms. The van der Waals surface area contributed by atoms with Crippen LogP contribution in [0, 0.1) is 23.2 Å². The van der Waals surface area contributed by atoms with Crippen LogP contribution >= 0.6 is 0 Å². The summed E-state index contributed by atoms with van der Waals surface area (Å²) < 4.78 is 18.5. The van der Waals surface area contributed by atoms with Crippen molar-refractivity contribution in [2.75, 3.05) is 41.4 Å². The first-order valence-electron chi connectivity index (χ1n) is 15.1. The Morgan fingerprint density at radius 3 is 2.32 bits per heavy atom. The topological polar surface area (TPSA) is 88.5 Å². The highest BCUT2D eigenvalue weighted by molar-refractivity contribution is 6.04. The zero-order chi connectivity index (χ0) is 30.7. The van der Waals surface area contributed by atoms with E-state index in [1.807, 2.05) is 63.2 Å². The summed E-state index contributed by atoms with van der Waals surface area (Å²) in [5.41, 5.74) is -0.997. The average molecular weight is 575 g/mol. The standard InChI is InChI=1S/C33H54N2O6/c1-21-18-33(6,39-10)25(17-28-29(36)26(34(7)8)16-22(2)41-28)23(3)30(37)32(4,5)31(38)40-20-27(35(9)19-21)24-14-12-11-13-15-24/h11-15,21-23,25-29,36H,16-20H2,1-10H3/t21-,22-,23-,25-,26+,27+,28+,29-,33-/m1/s1. The number of Topliss-reactive ketones (excluding diaryl/α,β-unsaturated/α-hetero) is 1. The molecule has 1 aromatic rings. The van der Waals surface area contributed by atoms with Crippen molar-refractivity contribution in [3.63, 3.8) is 0 Å². The Morgan fingerprint density at radius 2 is 1.73 bits per heavy atom. The normalized spacial score (nSPS) is 38.0. The highest BCUT2D eigenvalue weighted by Gasteiger charge is 2.50. The van der Waals surface area contributed by atoms with Gasteiger partial charge in [-0.05, 0) is 85.5 Å². The molecule has 0 aromatic heterocycles. The van der Waals surface area contributed by atoms with Gasteiger partial charge in [-0.25, -0.2) is 0 Å². The van der Waals surface area contributed by atoms with Crippen LogP contribution in [-0.2, 0) is 23.8 Å². The average Bonchev–Trinajstić information content (AvgIpc) is 2.92. The van der Waals surface area contributed by atoms with Crippen LogP contribution in [-0.4, -0.2) is 98.0 Å². The maximum atomic E-state index is 14.2. The van der Waals surface area contributed by atoms with E-state index in [-0.39, 0.29) is 42.4 Å². The van der Waals surface area contributed by atoms with Crippen LogP contribution in [0.1, 0.15) is 72.4 Å². The molecule has 0 aliphatic carbocycles. The number of likely N-dealkylation sites (N-methyl/N-ethyl adjacent to an activating group) is 2. The predicted molar refractivity (Wildman–Crippen MR) is 160 cm³/mol. The third-order valence-corrected chi connectivity index (χ3v) is 9.74. The molecule has 2 aliphatic rings. The molecule has 2 fully saturated rings. The summed E-state index contributed by atoms with van der Waals surface area (Å²) in [7, 11) is 7.70. The number of cyclic esters (lactones) is 1. The van der Waals surface area contributed by atoms with Gasteiger partial charge in [0.05, 0.1) is 30.0 Å². The molecule has 8 heteroatoms. The minimum Gasteiger partial charge on any atom is -0.463 e. The number of methoxy groups -OCH3 is 1. The molecule has 9 atom stereocenters. The lowest BCUT2D eigenvalue weighted by atomic mass is 9.67. The summed E-state index contributed by atoms with van der Waals surface area (Å²) in [6, 6.07) is 9.84. The summed E-state index contributed by atoms with van der Waals surface area (Å²) in [6.45, 7) is 12.4. The number of rotatable bonds is 5. The summed E-state index contributed by atoms with van der Waals surface area (Å²) in [5, 5.41) is 11.4. The lowest BCUT2D eigenvalue weighted by Crippen LogP contribution is -2.56. The second kappa shape index (κ2) is 13.6. The first kappa shape index (κ1) is 33.7. The Kier molecular flexibility index (Phi) is 11.2. The third-order valence-electron chi connectivity index (χ3n) is 9.74. The molecule has 2 aliphatic heterocycles. The van der Waals surface area contributed by atoms with Crippen molar-refractivity contribution in [1.82, 2.24) is 9.80 Å². The van der Waals surface area contributed by atoms with E-state index in [1.54, 1.807) is 21.0 Å². The van der Waals surface area contributed by atoms with Crippen molar-refractivity contribution in [1.29, 1.82) is 0 Å². The Labute approximate surface area is 247 Å². The number of hydrogen-bond donors (Lipinski definition) is 1. The number of aliphatic hydroxyl groups is 1. The van der Waals surface area contributed by atoms with Crippen molar-refractivity contribution in [2.45, 2.75) is 96.8 Å². The number of benzene rings is 1. The highest BCUT2D eigenvalue weighted by atomic mass is 16.5. The first-order chi connectivity index (χ1) is 19.1. The molecule has 0 amide bonds. The van der Waals surface area contributed by atoms with Crippen LogP contribution in [0.5, 0.6) is 0 Å². The summed E-state index contributed by atoms with van der Waals surface area (Å²) in [6.07, 6.45) is 0.667. The van der Waals surface area contributed by atoms with Gasteiger partial charge in [0.15, 0.2) is 5.78 Å². The minimum absolute atomic E-state index is 0.0284. The van der Waals surface area contributed by atoms with Gasteiger partial charge >= 0.3 is 5.97 Å².